The summed E-state index contributed by atoms with van der Waals surface area (Å²) >= 11 is 0. The summed E-state index contributed by atoms with van der Waals surface area (Å²) < 4.78 is 10.4. The molecule has 1 fully saturated rings. The molecule has 0 bridgehead atoms. The molecule has 7 nitrogen and oxygen atoms in total. The van der Waals surface area contributed by atoms with Crippen LogP contribution in [0.3, 0.4) is 0 Å². The summed E-state index contributed by atoms with van der Waals surface area (Å²) in [6.07, 6.45) is 0. The van der Waals surface area contributed by atoms with Gasteiger partial charge in [0.1, 0.15) is 11.4 Å². The second-order valence-corrected chi connectivity index (χ2v) is 7.88. The molecule has 1 amide bonds. The van der Waals surface area contributed by atoms with Crippen molar-refractivity contribution in [2.75, 3.05) is 45.2 Å². The Balaban J connectivity index is 1.37. The Morgan fingerprint density at radius 1 is 1.06 bits per heavy atom. The second kappa shape index (κ2) is 9.22. The maximum absolute atomic E-state index is 12.6. The number of amides is 1. The number of benzene rings is 2. The molecule has 0 saturated carbocycles. The van der Waals surface area contributed by atoms with Crippen LogP contribution in [0.4, 0.5) is 5.69 Å². The highest BCUT2D eigenvalue weighted by molar-refractivity contribution is 5.92. The van der Waals surface area contributed by atoms with Gasteiger partial charge >= 0.3 is 0 Å². The molecule has 0 spiro atoms. The number of hydrogen-bond donors (Lipinski definition) is 1. The average Bonchev–Trinajstić information content (AvgIpc) is 3.30. The fourth-order valence-electron chi connectivity index (χ4n) is 3.67. The Bertz CT molecular complexity index is 1010. The number of hydrogen-bond acceptors (Lipinski definition) is 6. The number of likely N-dealkylation sites (N-methyl/N-ethyl adjacent to an activating group) is 1. The molecule has 0 aliphatic carbocycles. The van der Waals surface area contributed by atoms with Gasteiger partial charge in [-0.3, -0.25) is 4.79 Å². The number of ether oxygens (including phenoxy) is 1. The van der Waals surface area contributed by atoms with Crippen LogP contribution in [0.5, 0.6) is 5.75 Å². The number of anilines is 1. The van der Waals surface area contributed by atoms with E-state index in [1.54, 1.807) is 13.2 Å². The molecule has 3 aromatic rings. The van der Waals surface area contributed by atoms with Crippen molar-refractivity contribution in [3.63, 3.8) is 0 Å². The highest BCUT2D eigenvalue weighted by atomic mass is 16.5. The molecular formula is C24H28N4O3. The Morgan fingerprint density at radius 3 is 2.39 bits per heavy atom. The van der Waals surface area contributed by atoms with Gasteiger partial charge in [0.05, 0.1) is 13.2 Å². The molecule has 2 aromatic carbocycles. The van der Waals surface area contributed by atoms with Crippen molar-refractivity contribution in [1.29, 1.82) is 0 Å². The minimum absolute atomic E-state index is 0.149. The molecule has 0 unspecified atom stereocenters. The van der Waals surface area contributed by atoms with Crippen molar-refractivity contribution in [3.8, 4) is 17.0 Å². The Kier molecular flexibility index (Phi) is 6.23. The number of nitrogens with zero attached hydrogens (tertiary/aromatic N) is 3. The molecule has 31 heavy (non-hydrogen) atoms. The van der Waals surface area contributed by atoms with Crippen LogP contribution in [0.15, 0.2) is 59.1 Å². The van der Waals surface area contributed by atoms with Crippen molar-refractivity contribution in [2.45, 2.75) is 13.0 Å². The van der Waals surface area contributed by atoms with Gasteiger partial charge in [-0.1, -0.05) is 17.3 Å². The van der Waals surface area contributed by atoms with Crippen LogP contribution >= 0.6 is 0 Å². The maximum Gasteiger partial charge on any atom is 0.290 e. The van der Waals surface area contributed by atoms with Crippen molar-refractivity contribution in [2.24, 2.45) is 0 Å². The summed E-state index contributed by atoms with van der Waals surface area (Å²) in [7, 11) is 3.77. The molecule has 2 heterocycles. The third kappa shape index (κ3) is 4.88. The van der Waals surface area contributed by atoms with Crippen LogP contribution in [0.1, 0.15) is 29.1 Å². The van der Waals surface area contributed by atoms with E-state index in [9.17, 15) is 4.79 Å². The predicted molar refractivity (Wildman–Crippen MR) is 121 cm³/mol. The number of aromatic nitrogens is 1. The third-order valence-electron chi connectivity index (χ3n) is 5.73. The molecular weight excluding hydrogens is 392 g/mol. The van der Waals surface area contributed by atoms with Crippen LogP contribution in [0, 0.1) is 0 Å². The molecule has 0 radical (unpaired) electrons. The van der Waals surface area contributed by atoms with Gasteiger partial charge in [0, 0.05) is 43.5 Å². The minimum atomic E-state index is -0.289. The van der Waals surface area contributed by atoms with Crippen molar-refractivity contribution >= 4 is 11.6 Å². The Hall–Kier alpha value is -3.32. The van der Waals surface area contributed by atoms with E-state index in [0.29, 0.717) is 5.69 Å². The molecule has 1 N–H and O–H groups in total. The topological polar surface area (TPSA) is 70.8 Å². The summed E-state index contributed by atoms with van der Waals surface area (Å²) in [5.74, 6) is 0.660. The lowest BCUT2D eigenvalue weighted by atomic mass is 10.1. The van der Waals surface area contributed by atoms with Gasteiger partial charge in [0.15, 0.2) is 0 Å². The summed E-state index contributed by atoms with van der Waals surface area (Å²) in [6.45, 7) is 6.17. The van der Waals surface area contributed by atoms with Gasteiger partial charge in [-0.05, 0) is 55.9 Å². The molecule has 162 valence electrons. The zero-order valence-electron chi connectivity index (χ0n) is 18.2. The van der Waals surface area contributed by atoms with Gasteiger partial charge in [-0.25, -0.2) is 0 Å². The van der Waals surface area contributed by atoms with E-state index in [2.05, 4.69) is 51.6 Å². The lowest BCUT2D eigenvalue weighted by molar-refractivity contribution is 0.0902. The van der Waals surface area contributed by atoms with Crippen LogP contribution in [0.25, 0.3) is 11.3 Å². The zero-order valence-corrected chi connectivity index (χ0v) is 18.2. The molecule has 7 heteroatoms. The number of rotatable bonds is 6. The van der Waals surface area contributed by atoms with E-state index in [1.165, 1.54) is 5.69 Å². The molecule has 1 aliphatic rings. The van der Waals surface area contributed by atoms with Gasteiger partial charge in [0.2, 0.25) is 5.76 Å². The van der Waals surface area contributed by atoms with Crippen molar-refractivity contribution < 1.29 is 14.1 Å². The predicted octanol–water partition coefficient (Wildman–Crippen LogP) is 3.59. The van der Waals surface area contributed by atoms with Gasteiger partial charge < -0.3 is 24.4 Å². The number of piperazine rings is 1. The lowest BCUT2D eigenvalue weighted by Crippen LogP contribution is -2.44. The Labute approximate surface area is 182 Å². The maximum atomic E-state index is 12.6. The average molecular weight is 421 g/mol. The van der Waals surface area contributed by atoms with E-state index < -0.39 is 0 Å². The molecule has 4 rings (SSSR count). The van der Waals surface area contributed by atoms with E-state index in [0.717, 1.165) is 43.1 Å². The number of carbonyl (C=O) groups excluding carboxylic acids is 1. The quantitative estimate of drug-likeness (QED) is 0.657. The van der Waals surface area contributed by atoms with E-state index in [-0.39, 0.29) is 17.7 Å². The third-order valence-corrected chi connectivity index (χ3v) is 5.73. The van der Waals surface area contributed by atoms with Crippen molar-refractivity contribution in [1.82, 2.24) is 15.4 Å². The van der Waals surface area contributed by atoms with Gasteiger partial charge in [-0.15, -0.1) is 0 Å². The highest BCUT2D eigenvalue weighted by Gasteiger charge is 2.18. The number of nitrogens with one attached hydrogen (secondary N) is 1. The number of methoxy groups -OCH3 is 1. The van der Waals surface area contributed by atoms with Crippen LogP contribution in [0.2, 0.25) is 0 Å². The standard InChI is InChI=1S/C24H28N4O3/c1-17(18-4-8-20(9-5-18)28-14-12-27(2)13-15-28)25-24(29)23-16-22(26-31-23)19-6-10-21(30-3)11-7-19/h4-11,16-17H,12-15H2,1-3H3,(H,25,29)/t17-/m1/s1. The zero-order chi connectivity index (χ0) is 21.8. The van der Waals surface area contributed by atoms with Crippen LogP contribution in [-0.4, -0.2) is 56.3 Å². The van der Waals surface area contributed by atoms with E-state index in [1.807, 2.05) is 31.2 Å². The highest BCUT2D eigenvalue weighted by Crippen LogP contribution is 2.23. The second-order valence-electron chi connectivity index (χ2n) is 7.88. The van der Waals surface area contributed by atoms with Gasteiger partial charge in [0.25, 0.3) is 5.91 Å². The normalized spacial score (nSPS) is 15.5. The first-order valence-electron chi connectivity index (χ1n) is 10.5. The van der Waals surface area contributed by atoms with Crippen molar-refractivity contribution in [3.05, 3.63) is 65.9 Å². The van der Waals surface area contributed by atoms with Gasteiger partial charge in [-0.2, -0.15) is 0 Å². The van der Waals surface area contributed by atoms with Crippen LogP contribution in [-0.2, 0) is 0 Å². The fourth-order valence-corrected chi connectivity index (χ4v) is 3.67. The summed E-state index contributed by atoms with van der Waals surface area (Å²) in [4.78, 5) is 17.4. The SMILES string of the molecule is COc1ccc(-c2cc(C(=O)N[C@H](C)c3ccc(N4CCN(C)CC4)cc3)on2)cc1. The fraction of sp³-hybridized carbons (Fsp3) is 0.333. The summed E-state index contributed by atoms with van der Waals surface area (Å²) in [5, 5.41) is 7.01. The minimum Gasteiger partial charge on any atom is -0.497 e. The van der Waals surface area contributed by atoms with E-state index >= 15 is 0 Å². The molecule has 1 atom stereocenters. The first-order valence-corrected chi connectivity index (χ1v) is 10.5. The lowest BCUT2D eigenvalue weighted by Gasteiger charge is -2.34. The number of carbonyl (C=O) groups is 1. The largest absolute Gasteiger partial charge is 0.497 e. The monoisotopic (exact) mass is 420 g/mol. The van der Waals surface area contributed by atoms with Crippen LogP contribution < -0.4 is 15.0 Å². The summed E-state index contributed by atoms with van der Waals surface area (Å²) in [5.41, 5.74) is 3.73. The molecule has 1 aliphatic heterocycles. The first kappa shape index (κ1) is 20.9. The smallest absolute Gasteiger partial charge is 0.290 e. The Morgan fingerprint density at radius 2 is 1.74 bits per heavy atom. The molecule has 1 saturated heterocycles. The summed E-state index contributed by atoms with van der Waals surface area (Å²) in [6, 6.07) is 17.3. The first-order chi connectivity index (χ1) is 15.0. The molecule has 1 aromatic heterocycles. The van der Waals surface area contributed by atoms with E-state index in [4.69, 9.17) is 9.26 Å².